The van der Waals surface area contributed by atoms with Crippen molar-refractivity contribution in [2.24, 2.45) is 0 Å². The van der Waals surface area contributed by atoms with Crippen molar-refractivity contribution in [1.29, 1.82) is 0 Å². The lowest BCUT2D eigenvalue weighted by atomic mass is 9.66. The van der Waals surface area contributed by atoms with Crippen LogP contribution in [0.1, 0.15) is 63.5 Å². The van der Waals surface area contributed by atoms with E-state index in [0.29, 0.717) is 13.2 Å². The highest BCUT2D eigenvalue weighted by atomic mass is 16.5. The van der Waals surface area contributed by atoms with Crippen molar-refractivity contribution >= 4 is 11.9 Å². The number of amides is 1. The quantitative estimate of drug-likeness (QED) is 0.742. The van der Waals surface area contributed by atoms with Gasteiger partial charge in [0.2, 0.25) is 5.91 Å². The number of benzene rings is 1. The first-order chi connectivity index (χ1) is 12.3. The largest absolute Gasteiger partial charge is 0.481 e. The Labute approximate surface area is 156 Å². The van der Waals surface area contributed by atoms with Crippen LogP contribution in [-0.4, -0.2) is 35.7 Å². The van der Waals surface area contributed by atoms with E-state index < -0.39 is 5.97 Å². The number of hydrogen-bond donors (Lipinski definition) is 2. The van der Waals surface area contributed by atoms with Crippen LogP contribution in [0.25, 0.3) is 0 Å². The predicted molar refractivity (Wildman–Crippen MR) is 101 cm³/mol. The second-order valence-electron chi connectivity index (χ2n) is 7.72. The Balaban J connectivity index is 2.10. The molecule has 0 bridgehead atoms. The van der Waals surface area contributed by atoms with Crippen molar-refractivity contribution in [2.45, 2.75) is 70.3 Å². The zero-order valence-electron chi connectivity index (χ0n) is 16.1. The highest BCUT2D eigenvalue weighted by Gasteiger charge is 2.43. The third-order valence-electron chi connectivity index (χ3n) is 5.65. The van der Waals surface area contributed by atoms with Crippen LogP contribution in [0.5, 0.6) is 0 Å². The lowest BCUT2D eigenvalue weighted by molar-refractivity contribution is -0.138. The molecule has 1 heterocycles. The molecule has 26 heavy (non-hydrogen) atoms. The maximum absolute atomic E-state index is 11.9. The molecule has 1 aromatic rings. The van der Waals surface area contributed by atoms with E-state index in [-0.39, 0.29) is 29.8 Å². The minimum Gasteiger partial charge on any atom is -0.481 e. The molecule has 2 atom stereocenters. The van der Waals surface area contributed by atoms with Crippen LogP contribution in [0.15, 0.2) is 24.3 Å². The zero-order chi connectivity index (χ0) is 19.2. The molecule has 5 nitrogen and oxygen atoms in total. The van der Waals surface area contributed by atoms with Gasteiger partial charge in [-0.05, 0) is 45.1 Å². The van der Waals surface area contributed by atoms with Crippen LogP contribution in [0.4, 0.5) is 0 Å². The Kier molecular flexibility index (Phi) is 6.81. The summed E-state index contributed by atoms with van der Waals surface area (Å²) in [6.07, 6.45) is 3.53. The first kappa shape index (κ1) is 20.4. The fourth-order valence-electron chi connectivity index (χ4n) is 3.84. The lowest BCUT2D eigenvalue weighted by Crippen LogP contribution is -2.47. The van der Waals surface area contributed by atoms with Crippen LogP contribution in [0.3, 0.4) is 0 Å². The van der Waals surface area contributed by atoms with E-state index in [0.717, 1.165) is 25.7 Å². The number of carbonyl (C=O) groups is 2. The number of carbonyl (C=O) groups excluding carboxylic acids is 1. The van der Waals surface area contributed by atoms with E-state index in [1.165, 1.54) is 11.1 Å². The number of rotatable bonds is 8. The molecule has 2 rings (SSSR count). The summed E-state index contributed by atoms with van der Waals surface area (Å²) in [7, 11) is 0. The topological polar surface area (TPSA) is 75.6 Å². The van der Waals surface area contributed by atoms with Gasteiger partial charge in [-0.3, -0.25) is 9.59 Å². The molecule has 1 aliphatic heterocycles. The normalized spacial score (nSPS) is 25.7. The number of aryl methyl sites for hydroxylation is 1. The molecular weight excluding hydrogens is 330 g/mol. The molecule has 0 aromatic heterocycles. The third kappa shape index (κ3) is 5.31. The first-order valence-corrected chi connectivity index (χ1v) is 9.48. The Morgan fingerprint density at radius 3 is 2.54 bits per heavy atom. The molecule has 0 aliphatic carbocycles. The molecule has 5 heteroatoms. The van der Waals surface area contributed by atoms with Crippen molar-refractivity contribution in [3.63, 3.8) is 0 Å². The summed E-state index contributed by atoms with van der Waals surface area (Å²) in [6.45, 7) is 7.66. The fourth-order valence-corrected chi connectivity index (χ4v) is 3.84. The number of hydrogen-bond acceptors (Lipinski definition) is 3. The average Bonchev–Trinajstić information content (AvgIpc) is 2.60. The van der Waals surface area contributed by atoms with Gasteiger partial charge in [-0.2, -0.15) is 0 Å². The molecule has 144 valence electrons. The van der Waals surface area contributed by atoms with Crippen LogP contribution in [0, 0.1) is 6.92 Å². The molecule has 0 unspecified atom stereocenters. The molecule has 0 radical (unpaired) electrons. The van der Waals surface area contributed by atoms with Crippen LogP contribution < -0.4 is 5.32 Å². The summed E-state index contributed by atoms with van der Waals surface area (Å²) >= 11 is 0. The van der Waals surface area contributed by atoms with Gasteiger partial charge in [-0.25, -0.2) is 0 Å². The predicted octanol–water partition coefficient (Wildman–Crippen LogP) is 3.58. The van der Waals surface area contributed by atoms with Gasteiger partial charge in [0.15, 0.2) is 0 Å². The minimum absolute atomic E-state index is 0.0304. The van der Waals surface area contributed by atoms with Crippen LogP contribution in [-0.2, 0) is 19.7 Å². The smallest absolute Gasteiger partial charge is 0.303 e. The summed E-state index contributed by atoms with van der Waals surface area (Å²) in [4.78, 5) is 22.5. The molecule has 0 spiro atoms. The van der Waals surface area contributed by atoms with Crippen LogP contribution >= 0.6 is 0 Å². The van der Waals surface area contributed by atoms with Crippen LogP contribution in [0.2, 0.25) is 0 Å². The zero-order valence-corrected chi connectivity index (χ0v) is 16.1. The van der Waals surface area contributed by atoms with Gasteiger partial charge >= 0.3 is 5.97 Å². The highest BCUT2D eigenvalue weighted by Crippen LogP contribution is 2.45. The minimum atomic E-state index is -0.945. The van der Waals surface area contributed by atoms with E-state index in [1.54, 1.807) is 0 Å². The Bertz CT molecular complexity index is 627. The summed E-state index contributed by atoms with van der Waals surface area (Å²) in [6, 6.07) is 8.68. The van der Waals surface area contributed by atoms with Gasteiger partial charge in [0.1, 0.15) is 0 Å². The Morgan fingerprint density at radius 2 is 1.92 bits per heavy atom. The SMILES string of the molecule is CC[C@]1(C)C[C@](CCNC(=O)CCC(=O)O)(c2ccc(C)cc2)CCO1. The van der Waals surface area contributed by atoms with Gasteiger partial charge in [0.05, 0.1) is 12.0 Å². The lowest BCUT2D eigenvalue weighted by Gasteiger charge is -2.47. The Morgan fingerprint density at radius 1 is 1.23 bits per heavy atom. The standard InChI is InChI=1S/C21H31NO4/c1-4-20(3)15-21(12-14-26-20,17-7-5-16(2)6-8-17)11-13-22-18(23)9-10-19(24)25/h5-8H,4,9-15H2,1-3H3,(H,22,23)(H,24,25)/t20-,21-/m1/s1. The number of carboxylic acid groups (broad SMARTS) is 1. The fraction of sp³-hybridized carbons (Fsp3) is 0.619. The summed E-state index contributed by atoms with van der Waals surface area (Å²) in [5, 5.41) is 11.6. The van der Waals surface area contributed by atoms with Crippen molar-refractivity contribution in [1.82, 2.24) is 5.32 Å². The maximum atomic E-state index is 11.9. The maximum Gasteiger partial charge on any atom is 0.303 e. The van der Waals surface area contributed by atoms with E-state index in [2.05, 4.69) is 50.4 Å². The molecule has 1 aliphatic rings. The summed E-state index contributed by atoms with van der Waals surface area (Å²) in [5.41, 5.74) is 2.34. The molecule has 1 saturated heterocycles. The van der Waals surface area contributed by atoms with E-state index >= 15 is 0 Å². The number of nitrogens with one attached hydrogen (secondary N) is 1. The molecule has 2 N–H and O–H groups in total. The second-order valence-corrected chi connectivity index (χ2v) is 7.72. The van der Waals surface area contributed by atoms with Gasteiger partial charge in [0.25, 0.3) is 0 Å². The number of aliphatic carboxylic acids is 1. The van der Waals surface area contributed by atoms with Gasteiger partial charge < -0.3 is 15.2 Å². The van der Waals surface area contributed by atoms with Crippen molar-refractivity contribution in [3.05, 3.63) is 35.4 Å². The van der Waals surface area contributed by atoms with E-state index in [1.807, 2.05) is 0 Å². The number of carboxylic acids is 1. The number of ether oxygens (including phenoxy) is 1. The molecular formula is C21H31NO4. The van der Waals surface area contributed by atoms with Crippen molar-refractivity contribution < 1.29 is 19.4 Å². The first-order valence-electron chi connectivity index (χ1n) is 9.48. The summed E-state index contributed by atoms with van der Waals surface area (Å²) < 4.78 is 6.05. The molecule has 1 aromatic carbocycles. The van der Waals surface area contributed by atoms with Gasteiger partial charge in [0, 0.05) is 25.0 Å². The third-order valence-corrected chi connectivity index (χ3v) is 5.65. The van der Waals surface area contributed by atoms with E-state index in [4.69, 9.17) is 9.84 Å². The molecule has 1 fully saturated rings. The molecule has 1 amide bonds. The van der Waals surface area contributed by atoms with E-state index in [9.17, 15) is 9.59 Å². The van der Waals surface area contributed by atoms with Crippen molar-refractivity contribution in [2.75, 3.05) is 13.2 Å². The van der Waals surface area contributed by atoms with Gasteiger partial charge in [-0.15, -0.1) is 0 Å². The summed E-state index contributed by atoms with van der Waals surface area (Å²) in [5.74, 6) is -1.14. The monoisotopic (exact) mass is 361 g/mol. The van der Waals surface area contributed by atoms with Crippen molar-refractivity contribution in [3.8, 4) is 0 Å². The molecule has 0 saturated carbocycles. The Hall–Kier alpha value is -1.88. The second kappa shape index (κ2) is 8.67. The average molecular weight is 361 g/mol. The van der Waals surface area contributed by atoms with Gasteiger partial charge in [-0.1, -0.05) is 36.8 Å². The highest BCUT2D eigenvalue weighted by molar-refractivity contribution is 5.80.